The van der Waals surface area contributed by atoms with Crippen LogP contribution in [0.2, 0.25) is 0 Å². The molecule has 0 spiro atoms. The highest BCUT2D eigenvalue weighted by atomic mass is 16.2. The van der Waals surface area contributed by atoms with Crippen molar-refractivity contribution in [3.05, 3.63) is 59.5 Å². The Balaban J connectivity index is 1.46. The van der Waals surface area contributed by atoms with Crippen LogP contribution in [0.15, 0.2) is 42.7 Å². The fourth-order valence-electron chi connectivity index (χ4n) is 3.87. The average Bonchev–Trinajstić information content (AvgIpc) is 3.19. The first-order chi connectivity index (χ1) is 14.4. The molecule has 2 amide bonds. The van der Waals surface area contributed by atoms with Gasteiger partial charge in [-0.3, -0.25) is 19.3 Å². The molecule has 1 fully saturated rings. The molecule has 1 N–H and O–H groups in total. The first kappa shape index (κ1) is 20.1. The third-order valence-electron chi connectivity index (χ3n) is 5.64. The van der Waals surface area contributed by atoms with Crippen molar-refractivity contribution in [2.45, 2.75) is 38.6 Å². The van der Waals surface area contributed by atoms with Crippen LogP contribution in [-0.2, 0) is 7.05 Å². The number of likely N-dealkylation sites (tertiary alicyclic amines) is 1. The molecule has 4 rings (SSSR count). The lowest BCUT2D eigenvalue weighted by Crippen LogP contribution is -2.46. The summed E-state index contributed by atoms with van der Waals surface area (Å²) >= 11 is 0. The van der Waals surface area contributed by atoms with Crippen LogP contribution in [0.25, 0.3) is 10.9 Å². The second-order valence-electron chi connectivity index (χ2n) is 8.21. The van der Waals surface area contributed by atoms with Crippen molar-refractivity contribution in [3.63, 3.8) is 0 Å². The zero-order chi connectivity index (χ0) is 21.3. The molecule has 0 unspecified atom stereocenters. The number of para-hydroxylation sites is 1. The molecular weight excluding hydrogens is 378 g/mol. The second-order valence-corrected chi connectivity index (χ2v) is 8.21. The van der Waals surface area contributed by atoms with E-state index in [1.807, 2.05) is 35.2 Å². The molecular formula is C23H27N5O2. The van der Waals surface area contributed by atoms with Crippen LogP contribution >= 0.6 is 0 Å². The lowest BCUT2D eigenvalue weighted by atomic mass is 9.99. The van der Waals surface area contributed by atoms with E-state index in [4.69, 9.17) is 4.98 Å². The Morgan fingerprint density at radius 1 is 1.17 bits per heavy atom. The van der Waals surface area contributed by atoms with Crippen LogP contribution in [-0.4, -0.2) is 50.6 Å². The fraction of sp³-hybridized carbons (Fsp3) is 0.391. The summed E-state index contributed by atoms with van der Waals surface area (Å²) in [6.45, 7) is 5.40. The molecule has 0 bridgehead atoms. The minimum Gasteiger partial charge on any atom is -0.349 e. The van der Waals surface area contributed by atoms with E-state index in [2.05, 4.69) is 24.3 Å². The standard InChI is InChI=1S/C23H27N5O2/c1-15(2)21-12-19(18-6-4-5-7-20(18)26-21)23(30)28-10-8-17(9-11-28)25-22(29)16-13-24-27(3)14-16/h4-7,12-15,17H,8-11H2,1-3H3,(H,25,29). The number of benzene rings is 1. The number of piperidine rings is 1. The van der Waals surface area contributed by atoms with Gasteiger partial charge in [0, 0.05) is 43.5 Å². The number of rotatable bonds is 4. The molecule has 1 aliphatic rings. The monoisotopic (exact) mass is 405 g/mol. The Morgan fingerprint density at radius 2 is 1.90 bits per heavy atom. The number of hydrogen-bond acceptors (Lipinski definition) is 4. The van der Waals surface area contributed by atoms with Gasteiger partial charge >= 0.3 is 0 Å². The molecule has 1 aromatic carbocycles. The number of hydrogen-bond donors (Lipinski definition) is 1. The van der Waals surface area contributed by atoms with Crippen LogP contribution in [0.3, 0.4) is 0 Å². The summed E-state index contributed by atoms with van der Waals surface area (Å²) in [4.78, 5) is 32.3. The van der Waals surface area contributed by atoms with Crippen LogP contribution in [0, 0.1) is 0 Å². The van der Waals surface area contributed by atoms with Gasteiger partial charge in [0.05, 0.1) is 22.8 Å². The summed E-state index contributed by atoms with van der Waals surface area (Å²) in [5.41, 5.74) is 3.05. The highest BCUT2D eigenvalue weighted by Gasteiger charge is 2.26. The van der Waals surface area contributed by atoms with E-state index in [0.717, 1.165) is 29.4 Å². The Labute approximate surface area is 176 Å². The molecule has 0 radical (unpaired) electrons. The summed E-state index contributed by atoms with van der Waals surface area (Å²) in [6, 6.07) is 9.80. The van der Waals surface area contributed by atoms with Crippen molar-refractivity contribution in [1.82, 2.24) is 25.0 Å². The van der Waals surface area contributed by atoms with Crippen LogP contribution in [0.5, 0.6) is 0 Å². The van der Waals surface area contributed by atoms with E-state index in [9.17, 15) is 9.59 Å². The molecule has 0 atom stereocenters. The number of aromatic nitrogens is 3. The van der Waals surface area contributed by atoms with E-state index >= 15 is 0 Å². The van der Waals surface area contributed by atoms with Gasteiger partial charge in [-0.05, 0) is 30.9 Å². The topological polar surface area (TPSA) is 80.1 Å². The average molecular weight is 406 g/mol. The van der Waals surface area contributed by atoms with Gasteiger partial charge < -0.3 is 10.2 Å². The highest BCUT2D eigenvalue weighted by molar-refractivity contribution is 6.06. The van der Waals surface area contributed by atoms with Gasteiger partial charge in [-0.2, -0.15) is 5.10 Å². The highest BCUT2D eigenvalue weighted by Crippen LogP contribution is 2.25. The van der Waals surface area contributed by atoms with Crippen molar-refractivity contribution in [2.75, 3.05) is 13.1 Å². The minimum atomic E-state index is -0.116. The zero-order valence-electron chi connectivity index (χ0n) is 17.6. The summed E-state index contributed by atoms with van der Waals surface area (Å²) in [6.07, 6.45) is 4.74. The van der Waals surface area contributed by atoms with Gasteiger partial charge in [0.2, 0.25) is 0 Å². The summed E-state index contributed by atoms with van der Waals surface area (Å²) in [5.74, 6) is 0.164. The maximum Gasteiger partial charge on any atom is 0.254 e. The summed E-state index contributed by atoms with van der Waals surface area (Å²) in [5, 5.41) is 7.99. The molecule has 156 valence electrons. The predicted molar refractivity (Wildman–Crippen MR) is 115 cm³/mol. The van der Waals surface area contributed by atoms with Crippen LogP contribution < -0.4 is 5.32 Å². The first-order valence-corrected chi connectivity index (χ1v) is 10.4. The van der Waals surface area contributed by atoms with E-state index in [1.165, 1.54) is 0 Å². The van der Waals surface area contributed by atoms with E-state index in [-0.39, 0.29) is 23.8 Å². The van der Waals surface area contributed by atoms with Gasteiger partial charge in [-0.1, -0.05) is 32.0 Å². The summed E-state index contributed by atoms with van der Waals surface area (Å²) < 4.78 is 1.61. The number of nitrogens with one attached hydrogen (secondary N) is 1. The fourth-order valence-corrected chi connectivity index (χ4v) is 3.87. The van der Waals surface area contributed by atoms with E-state index in [1.54, 1.807) is 24.1 Å². The van der Waals surface area contributed by atoms with E-state index in [0.29, 0.717) is 24.2 Å². The lowest BCUT2D eigenvalue weighted by molar-refractivity contribution is 0.0700. The van der Waals surface area contributed by atoms with Gasteiger partial charge in [0.15, 0.2) is 0 Å². The third-order valence-corrected chi connectivity index (χ3v) is 5.64. The van der Waals surface area contributed by atoms with Crippen molar-refractivity contribution < 1.29 is 9.59 Å². The van der Waals surface area contributed by atoms with Crippen LogP contribution in [0.1, 0.15) is 59.0 Å². The van der Waals surface area contributed by atoms with Crippen molar-refractivity contribution in [2.24, 2.45) is 7.05 Å². The second kappa shape index (κ2) is 8.26. The zero-order valence-corrected chi connectivity index (χ0v) is 17.6. The maximum atomic E-state index is 13.3. The van der Waals surface area contributed by atoms with Crippen molar-refractivity contribution in [1.29, 1.82) is 0 Å². The normalized spacial score (nSPS) is 15.0. The van der Waals surface area contributed by atoms with E-state index < -0.39 is 0 Å². The number of pyridine rings is 1. The quantitative estimate of drug-likeness (QED) is 0.723. The number of aryl methyl sites for hydroxylation is 1. The Bertz CT molecular complexity index is 1080. The van der Waals surface area contributed by atoms with Gasteiger partial charge in [0.1, 0.15) is 0 Å². The third kappa shape index (κ3) is 4.06. The number of fused-ring (bicyclic) bond motifs is 1. The number of carbonyl (C=O) groups is 2. The number of nitrogens with zero attached hydrogens (tertiary/aromatic N) is 4. The van der Waals surface area contributed by atoms with Crippen molar-refractivity contribution >= 4 is 22.7 Å². The summed E-state index contributed by atoms with van der Waals surface area (Å²) in [7, 11) is 1.79. The molecule has 30 heavy (non-hydrogen) atoms. The smallest absolute Gasteiger partial charge is 0.254 e. The molecule has 7 heteroatoms. The number of carbonyl (C=O) groups excluding carboxylic acids is 2. The molecule has 1 aliphatic heterocycles. The number of amides is 2. The molecule has 3 heterocycles. The maximum absolute atomic E-state index is 13.3. The molecule has 1 saturated heterocycles. The van der Waals surface area contributed by atoms with Crippen molar-refractivity contribution in [3.8, 4) is 0 Å². The van der Waals surface area contributed by atoms with Crippen LogP contribution in [0.4, 0.5) is 0 Å². The Hall–Kier alpha value is -3.22. The Kier molecular flexibility index (Phi) is 5.53. The SMILES string of the molecule is CC(C)c1cc(C(=O)N2CCC(NC(=O)c3cnn(C)c3)CC2)c2ccccc2n1. The Morgan fingerprint density at radius 3 is 2.57 bits per heavy atom. The van der Waals surface area contributed by atoms with Gasteiger partial charge in [-0.15, -0.1) is 0 Å². The van der Waals surface area contributed by atoms with Gasteiger partial charge in [0.25, 0.3) is 11.8 Å². The largest absolute Gasteiger partial charge is 0.349 e. The predicted octanol–water partition coefficient (Wildman–Crippen LogP) is 3.13. The first-order valence-electron chi connectivity index (χ1n) is 10.4. The molecule has 2 aromatic heterocycles. The molecule has 0 saturated carbocycles. The lowest BCUT2D eigenvalue weighted by Gasteiger charge is -2.32. The molecule has 0 aliphatic carbocycles. The van der Waals surface area contributed by atoms with Gasteiger partial charge in [-0.25, -0.2) is 0 Å². The minimum absolute atomic E-state index is 0.0348. The molecule has 3 aromatic rings. The molecule has 7 nitrogen and oxygen atoms in total.